The lowest BCUT2D eigenvalue weighted by molar-refractivity contribution is -0.0573. The van der Waals surface area contributed by atoms with Gasteiger partial charge in [-0.1, -0.05) is 87.2 Å². The van der Waals surface area contributed by atoms with E-state index in [4.69, 9.17) is 14.2 Å². The molecule has 0 N–H and O–H groups in total. The van der Waals surface area contributed by atoms with Gasteiger partial charge in [0.05, 0.1) is 19.3 Å². The molecule has 0 saturated carbocycles. The number of fused-ring (bicyclic) bond motifs is 1. The number of carbonyl (C=O) groups excluding carboxylic acids is 2. The van der Waals surface area contributed by atoms with Crippen LogP contribution in [-0.2, 0) is 29.2 Å². The van der Waals surface area contributed by atoms with Crippen molar-refractivity contribution in [2.75, 3.05) is 20.2 Å². The Labute approximate surface area is 234 Å². The summed E-state index contributed by atoms with van der Waals surface area (Å²) < 4.78 is 19.1. The third-order valence-electron chi connectivity index (χ3n) is 7.09. The van der Waals surface area contributed by atoms with E-state index < -0.39 is 22.9 Å². The van der Waals surface area contributed by atoms with Gasteiger partial charge < -0.3 is 19.1 Å². The number of pyridine rings is 1. The Morgan fingerprint density at radius 1 is 1.02 bits per heavy atom. The molecule has 2 aromatic carbocycles. The standard InChI is InChI=1S/C32H36N2O6/c1-6-24-26(31(37)38-7-2)28(40-20-23-16-12-9-13-17-23)30(36)34-21-32(3,4)25(18-33(5)29(35)27(24)34)39-19-22-14-10-8-11-15-22/h6,8-17,25H,1,7,18-21H2,2-5H3. The van der Waals surface area contributed by atoms with Crippen LogP contribution in [0.25, 0.3) is 6.08 Å². The van der Waals surface area contributed by atoms with Crippen molar-refractivity contribution in [2.24, 2.45) is 5.41 Å². The van der Waals surface area contributed by atoms with Crippen molar-refractivity contribution in [2.45, 2.75) is 46.6 Å². The SMILES string of the molecule is C=Cc1c(C(=O)OCC)c(OCc2ccccc2)c(=O)n2c1C(=O)N(C)CC(OCc1ccccc1)C(C)(C)C2. The molecule has 0 aliphatic carbocycles. The van der Waals surface area contributed by atoms with E-state index in [0.29, 0.717) is 13.2 Å². The fourth-order valence-electron chi connectivity index (χ4n) is 4.89. The van der Waals surface area contributed by atoms with Gasteiger partial charge in [-0.2, -0.15) is 0 Å². The highest BCUT2D eigenvalue weighted by Crippen LogP contribution is 2.33. The second kappa shape index (κ2) is 12.3. The maximum absolute atomic E-state index is 14.1. The summed E-state index contributed by atoms with van der Waals surface area (Å²) in [4.78, 5) is 42.7. The van der Waals surface area contributed by atoms with Gasteiger partial charge in [0.15, 0.2) is 5.75 Å². The minimum atomic E-state index is -0.748. The minimum absolute atomic E-state index is 0.0540. The van der Waals surface area contributed by atoms with E-state index >= 15 is 0 Å². The topological polar surface area (TPSA) is 87.1 Å². The molecule has 0 radical (unpaired) electrons. The number of benzene rings is 2. The van der Waals surface area contributed by atoms with E-state index in [1.165, 1.54) is 15.5 Å². The molecule has 8 heteroatoms. The van der Waals surface area contributed by atoms with Crippen molar-refractivity contribution in [1.82, 2.24) is 9.47 Å². The molecule has 3 aromatic rings. The predicted octanol–water partition coefficient (Wildman–Crippen LogP) is 4.94. The molecule has 8 nitrogen and oxygen atoms in total. The summed E-state index contributed by atoms with van der Waals surface area (Å²) >= 11 is 0. The molecule has 0 bridgehead atoms. The molecule has 0 spiro atoms. The first-order chi connectivity index (χ1) is 19.2. The van der Waals surface area contributed by atoms with E-state index in [1.54, 1.807) is 14.0 Å². The van der Waals surface area contributed by atoms with Gasteiger partial charge in [0.25, 0.3) is 11.5 Å². The zero-order valence-corrected chi connectivity index (χ0v) is 23.5. The lowest BCUT2D eigenvalue weighted by Gasteiger charge is -2.40. The number of nitrogens with zero attached hydrogens (tertiary/aromatic N) is 2. The molecule has 1 aromatic heterocycles. The highest BCUT2D eigenvalue weighted by atomic mass is 16.5. The highest BCUT2D eigenvalue weighted by Gasteiger charge is 2.40. The number of likely N-dealkylation sites (N-methyl/N-ethyl adjacent to an activating group) is 1. The number of rotatable bonds is 9. The van der Waals surface area contributed by atoms with Crippen LogP contribution < -0.4 is 10.3 Å². The van der Waals surface area contributed by atoms with Gasteiger partial charge in [-0.25, -0.2) is 4.79 Å². The molecule has 40 heavy (non-hydrogen) atoms. The van der Waals surface area contributed by atoms with Crippen LogP contribution in [0.1, 0.15) is 58.3 Å². The van der Waals surface area contributed by atoms with Gasteiger partial charge in [-0.05, 0) is 18.1 Å². The van der Waals surface area contributed by atoms with E-state index in [2.05, 4.69) is 6.58 Å². The van der Waals surface area contributed by atoms with Crippen molar-refractivity contribution < 1.29 is 23.8 Å². The third kappa shape index (κ3) is 6.02. The molecule has 210 valence electrons. The number of carbonyl (C=O) groups is 2. The Hall–Kier alpha value is -4.17. The number of hydrogen-bond acceptors (Lipinski definition) is 6. The lowest BCUT2D eigenvalue weighted by atomic mass is 9.84. The smallest absolute Gasteiger partial charge is 0.342 e. The second-order valence-corrected chi connectivity index (χ2v) is 10.5. The summed E-state index contributed by atoms with van der Waals surface area (Å²) in [6.45, 7) is 10.5. The molecule has 1 aliphatic rings. The molecule has 2 heterocycles. The summed E-state index contributed by atoms with van der Waals surface area (Å²) in [5.41, 5.74) is 0.850. The molecule has 1 amide bonds. The number of amides is 1. The van der Waals surface area contributed by atoms with Crippen molar-refractivity contribution in [1.29, 1.82) is 0 Å². The van der Waals surface area contributed by atoms with Crippen LogP contribution in [0, 0.1) is 5.41 Å². The molecule has 1 atom stereocenters. The van der Waals surface area contributed by atoms with Crippen molar-refractivity contribution in [3.8, 4) is 5.75 Å². The molecular weight excluding hydrogens is 508 g/mol. The first-order valence-corrected chi connectivity index (χ1v) is 13.4. The van der Waals surface area contributed by atoms with E-state index in [-0.39, 0.29) is 48.4 Å². The summed E-state index contributed by atoms with van der Waals surface area (Å²) in [5.74, 6) is -1.34. The van der Waals surface area contributed by atoms with Gasteiger partial charge in [-0.15, -0.1) is 0 Å². The molecule has 1 aliphatic heterocycles. The Morgan fingerprint density at radius 3 is 2.20 bits per heavy atom. The molecule has 0 fully saturated rings. The Balaban J connectivity index is 1.83. The van der Waals surface area contributed by atoms with E-state index in [1.807, 2.05) is 74.5 Å². The summed E-state index contributed by atoms with van der Waals surface area (Å²) in [7, 11) is 1.66. The normalized spacial score (nSPS) is 16.4. The van der Waals surface area contributed by atoms with Crippen LogP contribution in [0.5, 0.6) is 5.75 Å². The van der Waals surface area contributed by atoms with Crippen LogP contribution in [0.4, 0.5) is 0 Å². The van der Waals surface area contributed by atoms with Crippen LogP contribution in [0.3, 0.4) is 0 Å². The summed E-state index contributed by atoms with van der Waals surface area (Å²) in [6, 6.07) is 19.1. The highest BCUT2D eigenvalue weighted by molar-refractivity contribution is 6.03. The van der Waals surface area contributed by atoms with Gasteiger partial charge in [0, 0.05) is 31.1 Å². The van der Waals surface area contributed by atoms with Crippen molar-refractivity contribution >= 4 is 18.0 Å². The number of esters is 1. The zero-order valence-electron chi connectivity index (χ0n) is 23.5. The lowest BCUT2D eigenvalue weighted by Crippen LogP contribution is -2.51. The monoisotopic (exact) mass is 544 g/mol. The van der Waals surface area contributed by atoms with Crippen LogP contribution in [0.2, 0.25) is 0 Å². The maximum atomic E-state index is 14.1. The summed E-state index contributed by atoms with van der Waals surface area (Å²) in [6.07, 6.45) is 1.03. The molecule has 1 unspecified atom stereocenters. The van der Waals surface area contributed by atoms with Gasteiger partial charge in [-0.3, -0.25) is 14.2 Å². The Bertz CT molecular complexity index is 1430. The number of hydrogen-bond donors (Lipinski definition) is 0. The number of aromatic nitrogens is 1. The van der Waals surface area contributed by atoms with E-state index in [9.17, 15) is 14.4 Å². The van der Waals surface area contributed by atoms with Gasteiger partial charge in [0.2, 0.25) is 0 Å². The first kappa shape index (κ1) is 28.8. The Kier molecular flexibility index (Phi) is 8.90. The second-order valence-electron chi connectivity index (χ2n) is 10.5. The van der Waals surface area contributed by atoms with Crippen LogP contribution in [0.15, 0.2) is 72.0 Å². The van der Waals surface area contributed by atoms with Crippen LogP contribution in [-0.4, -0.2) is 47.6 Å². The molecule has 4 rings (SSSR count). The fourth-order valence-corrected chi connectivity index (χ4v) is 4.89. The minimum Gasteiger partial charge on any atom is -0.482 e. The maximum Gasteiger partial charge on any atom is 0.342 e. The Morgan fingerprint density at radius 2 is 1.62 bits per heavy atom. The van der Waals surface area contributed by atoms with Gasteiger partial charge in [0.1, 0.15) is 17.9 Å². The van der Waals surface area contributed by atoms with Gasteiger partial charge >= 0.3 is 5.97 Å². The van der Waals surface area contributed by atoms with E-state index in [0.717, 1.165) is 11.1 Å². The predicted molar refractivity (Wildman–Crippen MR) is 153 cm³/mol. The molecule has 0 saturated heterocycles. The summed E-state index contributed by atoms with van der Waals surface area (Å²) in [5, 5.41) is 0. The van der Waals surface area contributed by atoms with Crippen molar-refractivity contribution in [3.63, 3.8) is 0 Å². The fraction of sp³-hybridized carbons (Fsp3) is 0.344. The van der Waals surface area contributed by atoms with Crippen LogP contribution >= 0.6 is 0 Å². The first-order valence-electron chi connectivity index (χ1n) is 13.4. The largest absolute Gasteiger partial charge is 0.482 e. The van der Waals surface area contributed by atoms with Crippen molar-refractivity contribution in [3.05, 3.63) is 106 Å². The third-order valence-corrected chi connectivity index (χ3v) is 7.09. The quantitative estimate of drug-likeness (QED) is 0.355. The average Bonchev–Trinajstić information content (AvgIpc) is 2.95. The zero-order chi connectivity index (χ0) is 28.9. The molecular formula is C32H36N2O6. The average molecular weight is 545 g/mol. The number of ether oxygens (including phenoxy) is 3.